The first kappa shape index (κ1) is 27.1. The largest absolute Gasteiger partial charge is 0.477 e. The molecule has 0 aliphatic carbocycles. The Labute approximate surface area is 240 Å². The van der Waals surface area contributed by atoms with Crippen LogP contribution in [-0.2, 0) is 24.4 Å². The number of hydrogen-bond donors (Lipinski definition) is 1. The van der Waals surface area contributed by atoms with Crippen LogP contribution in [0.2, 0.25) is 0 Å². The van der Waals surface area contributed by atoms with Crippen molar-refractivity contribution in [2.45, 2.75) is 38.6 Å². The van der Waals surface area contributed by atoms with Crippen LogP contribution >= 0.6 is 11.3 Å². The van der Waals surface area contributed by atoms with Crippen molar-refractivity contribution >= 4 is 39.2 Å². The number of ether oxygens (including phenoxy) is 2. The Morgan fingerprint density at radius 3 is 2.83 bits per heavy atom. The van der Waals surface area contributed by atoms with Crippen LogP contribution in [0.5, 0.6) is 5.88 Å². The molecule has 1 N–H and O–H groups in total. The molecule has 6 rings (SSSR count). The summed E-state index contributed by atoms with van der Waals surface area (Å²) >= 11 is 1.21. The number of carboxylic acid groups (broad SMARTS) is 1. The van der Waals surface area contributed by atoms with Gasteiger partial charge in [0.05, 0.1) is 31.3 Å². The van der Waals surface area contributed by atoms with Crippen molar-refractivity contribution in [2.75, 3.05) is 37.7 Å². The lowest BCUT2D eigenvalue weighted by molar-refractivity contribution is -0.0591. The predicted octanol–water partition coefficient (Wildman–Crippen LogP) is 4.96. The quantitative estimate of drug-likeness (QED) is 0.279. The number of aromatic nitrogens is 3. The second-order valence-electron chi connectivity index (χ2n) is 10.2. The fourth-order valence-corrected chi connectivity index (χ4v) is 6.01. The third kappa shape index (κ3) is 6.02. The summed E-state index contributed by atoms with van der Waals surface area (Å²) < 4.78 is 27.9. The fourth-order valence-electron chi connectivity index (χ4n) is 5.12. The van der Waals surface area contributed by atoms with Gasteiger partial charge in [0.15, 0.2) is 5.69 Å². The predicted molar refractivity (Wildman–Crippen MR) is 152 cm³/mol. The van der Waals surface area contributed by atoms with Crippen LogP contribution in [0.4, 0.5) is 15.9 Å². The fraction of sp³-hybridized carbons (Fsp3) is 0.379. The number of imidazole rings is 1. The number of nitrogens with zero attached hydrogens (tertiary/aromatic N) is 6. The van der Waals surface area contributed by atoms with Crippen LogP contribution < -0.4 is 9.64 Å². The Balaban J connectivity index is 1.11. The SMILES string of the molecule is [C-]#[N+]c1ccc(COc2cccc(N3CCCN(Cc4nc5sc(C(=O)O)cc5n4C[C@@H]4CCO4)CC3)n2)c(F)c1. The van der Waals surface area contributed by atoms with Crippen molar-refractivity contribution in [3.05, 3.63) is 76.0 Å². The summed E-state index contributed by atoms with van der Waals surface area (Å²) in [6.45, 7) is 12.5. The Bertz CT molecular complexity index is 1610. The molecule has 2 saturated heterocycles. The van der Waals surface area contributed by atoms with Gasteiger partial charge in [-0.2, -0.15) is 4.98 Å². The van der Waals surface area contributed by atoms with Gasteiger partial charge in [0.25, 0.3) is 0 Å². The Morgan fingerprint density at radius 2 is 2.07 bits per heavy atom. The van der Waals surface area contributed by atoms with Gasteiger partial charge in [0.1, 0.15) is 33.8 Å². The normalized spacial score (nSPS) is 17.7. The lowest BCUT2D eigenvalue weighted by Crippen LogP contribution is -2.34. The molecule has 12 heteroatoms. The number of thiophene rings is 1. The summed E-state index contributed by atoms with van der Waals surface area (Å²) in [6, 6.07) is 11.7. The maximum Gasteiger partial charge on any atom is 0.346 e. The van der Waals surface area contributed by atoms with Crippen LogP contribution in [0.25, 0.3) is 15.2 Å². The van der Waals surface area contributed by atoms with Gasteiger partial charge >= 0.3 is 5.97 Å². The van der Waals surface area contributed by atoms with E-state index in [4.69, 9.17) is 21.0 Å². The first-order valence-corrected chi connectivity index (χ1v) is 14.4. The summed E-state index contributed by atoms with van der Waals surface area (Å²) in [4.78, 5) is 29.9. The Morgan fingerprint density at radius 1 is 1.20 bits per heavy atom. The van der Waals surface area contributed by atoms with E-state index in [9.17, 15) is 14.3 Å². The minimum absolute atomic E-state index is 0.0261. The number of benzene rings is 1. The number of aromatic carboxylic acids is 1. The minimum atomic E-state index is -0.931. The summed E-state index contributed by atoms with van der Waals surface area (Å²) in [5.41, 5.74) is 1.49. The topological polar surface area (TPSA) is 97.3 Å². The Kier molecular flexibility index (Phi) is 7.82. The number of hydrogen-bond acceptors (Lipinski definition) is 8. The highest BCUT2D eigenvalue weighted by molar-refractivity contribution is 7.20. The van der Waals surface area contributed by atoms with Gasteiger partial charge in [-0.3, -0.25) is 4.90 Å². The van der Waals surface area contributed by atoms with Crippen LogP contribution in [0, 0.1) is 12.4 Å². The van der Waals surface area contributed by atoms with E-state index in [0.717, 1.165) is 67.6 Å². The third-order valence-corrected chi connectivity index (χ3v) is 8.45. The van der Waals surface area contributed by atoms with Gasteiger partial charge in [-0.15, -0.1) is 11.3 Å². The molecule has 10 nitrogen and oxygen atoms in total. The monoisotopic (exact) mass is 576 g/mol. The average molecular weight is 577 g/mol. The van der Waals surface area contributed by atoms with Crippen LogP contribution in [0.3, 0.4) is 0 Å². The van der Waals surface area contributed by atoms with E-state index < -0.39 is 11.8 Å². The van der Waals surface area contributed by atoms with Gasteiger partial charge < -0.3 is 24.0 Å². The van der Waals surface area contributed by atoms with E-state index in [2.05, 4.69) is 24.2 Å². The number of halogens is 1. The molecule has 0 saturated carbocycles. The average Bonchev–Trinajstić information content (AvgIpc) is 3.40. The molecule has 5 heterocycles. The maximum atomic E-state index is 14.3. The van der Waals surface area contributed by atoms with E-state index in [1.807, 2.05) is 12.1 Å². The van der Waals surface area contributed by atoms with E-state index in [1.165, 1.54) is 17.4 Å². The smallest absolute Gasteiger partial charge is 0.346 e. The van der Waals surface area contributed by atoms with Crippen molar-refractivity contribution in [2.24, 2.45) is 0 Å². The molecule has 212 valence electrons. The minimum Gasteiger partial charge on any atom is -0.477 e. The highest BCUT2D eigenvalue weighted by atomic mass is 32.1. The zero-order valence-electron chi connectivity index (χ0n) is 22.3. The lowest BCUT2D eigenvalue weighted by atomic mass is 10.2. The molecule has 41 heavy (non-hydrogen) atoms. The summed E-state index contributed by atoms with van der Waals surface area (Å²) in [5, 5.41) is 9.44. The van der Waals surface area contributed by atoms with Crippen LogP contribution in [0.15, 0.2) is 42.5 Å². The highest BCUT2D eigenvalue weighted by Gasteiger charge is 2.25. The summed E-state index contributed by atoms with van der Waals surface area (Å²) in [6.07, 6.45) is 2.07. The van der Waals surface area contributed by atoms with Gasteiger partial charge in [-0.05, 0) is 31.0 Å². The molecule has 1 aromatic carbocycles. The van der Waals surface area contributed by atoms with Gasteiger partial charge in [0, 0.05) is 44.4 Å². The molecular formula is C29H29FN6O4S. The van der Waals surface area contributed by atoms with E-state index in [0.29, 0.717) is 29.4 Å². The van der Waals surface area contributed by atoms with Gasteiger partial charge in [-0.1, -0.05) is 18.2 Å². The number of pyridine rings is 1. The Hall–Kier alpha value is -4.05. The standard InChI is InChI=1S/C29H29FN6O4S/c1-31-20-7-6-19(22(30)14-20)18-40-27-5-2-4-25(32-27)35-10-3-9-34(11-12-35)17-26-33-28-23(15-24(41-28)29(37)38)36(26)16-21-8-13-39-21/h2,4-7,14-15,21H,3,8-13,16-18H2,(H,37,38)/t21-/m0/s1. The van der Waals surface area contributed by atoms with Crippen molar-refractivity contribution in [3.8, 4) is 5.88 Å². The molecular weight excluding hydrogens is 547 g/mol. The first-order valence-electron chi connectivity index (χ1n) is 13.5. The number of carboxylic acids is 1. The summed E-state index contributed by atoms with van der Waals surface area (Å²) in [5.74, 6) is 0.749. The molecule has 0 spiro atoms. The molecule has 4 aromatic rings. The van der Waals surface area contributed by atoms with Crippen molar-refractivity contribution in [1.82, 2.24) is 19.4 Å². The van der Waals surface area contributed by atoms with Crippen LogP contribution in [0.1, 0.15) is 33.9 Å². The van der Waals surface area contributed by atoms with Crippen molar-refractivity contribution in [3.63, 3.8) is 0 Å². The van der Waals surface area contributed by atoms with E-state index >= 15 is 0 Å². The van der Waals surface area contributed by atoms with E-state index in [1.54, 1.807) is 24.3 Å². The molecule has 2 aliphatic rings. The molecule has 2 aliphatic heterocycles. The van der Waals surface area contributed by atoms with Gasteiger partial charge in [-0.25, -0.2) is 19.0 Å². The van der Waals surface area contributed by atoms with Crippen molar-refractivity contribution in [1.29, 1.82) is 0 Å². The molecule has 0 bridgehead atoms. The molecule has 2 fully saturated rings. The molecule has 3 aromatic heterocycles. The molecule has 0 unspecified atom stereocenters. The highest BCUT2D eigenvalue weighted by Crippen LogP contribution is 2.29. The zero-order chi connectivity index (χ0) is 28.3. The number of rotatable bonds is 9. The molecule has 0 radical (unpaired) electrons. The second kappa shape index (κ2) is 11.8. The van der Waals surface area contributed by atoms with E-state index in [-0.39, 0.29) is 18.4 Å². The van der Waals surface area contributed by atoms with Gasteiger partial charge in [0.2, 0.25) is 5.88 Å². The lowest BCUT2D eigenvalue weighted by Gasteiger charge is -2.28. The van der Waals surface area contributed by atoms with Crippen LogP contribution in [-0.4, -0.2) is 69.4 Å². The zero-order valence-corrected chi connectivity index (χ0v) is 23.1. The third-order valence-electron chi connectivity index (χ3n) is 7.44. The van der Waals surface area contributed by atoms with Crippen molar-refractivity contribution < 1.29 is 23.8 Å². The maximum absolute atomic E-state index is 14.3. The number of carbonyl (C=O) groups is 1. The first-order chi connectivity index (χ1) is 20.0. The number of fused-ring (bicyclic) bond motifs is 1. The summed E-state index contributed by atoms with van der Waals surface area (Å²) in [7, 11) is 0. The molecule has 1 atom stereocenters. The molecule has 0 amide bonds. The second-order valence-corrected chi connectivity index (χ2v) is 11.2. The number of anilines is 1.